The van der Waals surface area contributed by atoms with Crippen LogP contribution in [0, 0.1) is 6.92 Å². The van der Waals surface area contributed by atoms with Crippen LogP contribution in [0.4, 0.5) is 0 Å². The van der Waals surface area contributed by atoms with E-state index >= 15 is 0 Å². The normalized spacial score (nSPS) is 15.9. The van der Waals surface area contributed by atoms with E-state index in [1.54, 1.807) is 12.4 Å². The van der Waals surface area contributed by atoms with E-state index in [1.165, 1.54) is 12.8 Å². The quantitative estimate of drug-likeness (QED) is 0.881. The highest BCUT2D eigenvalue weighted by molar-refractivity contribution is 5.94. The Hall–Kier alpha value is -1.42. The molecule has 0 bridgehead atoms. The maximum absolute atomic E-state index is 12.5. The molecule has 1 saturated carbocycles. The van der Waals surface area contributed by atoms with Gasteiger partial charge in [-0.1, -0.05) is 12.8 Å². The first kappa shape index (κ1) is 13.0. The molecule has 0 saturated heterocycles. The third kappa shape index (κ3) is 2.88. The first-order valence-corrected chi connectivity index (χ1v) is 6.65. The van der Waals surface area contributed by atoms with E-state index in [4.69, 9.17) is 5.73 Å². The smallest absolute Gasteiger partial charge is 0.255 e. The van der Waals surface area contributed by atoms with E-state index < -0.39 is 0 Å². The number of pyridine rings is 1. The van der Waals surface area contributed by atoms with E-state index in [2.05, 4.69) is 4.98 Å². The highest BCUT2D eigenvalue weighted by atomic mass is 16.2. The predicted molar refractivity (Wildman–Crippen MR) is 71.3 cm³/mol. The van der Waals surface area contributed by atoms with Gasteiger partial charge in [0.05, 0.1) is 5.56 Å². The number of carbonyl (C=O) groups is 1. The molecule has 1 amide bonds. The topological polar surface area (TPSA) is 59.2 Å². The molecule has 0 atom stereocenters. The monoisotopic (exact) mass is 247 g/mol. The van der Waals surface area contributed by atoms with Crippen LogP contribution in [-0.4, -0.2) is 34.9 Å². The van der Waals surface area contributed by atoms with Gasteiger partial charge >= 0.3 is 0 Å². The van der Waals surface area contributed by atoms with E-state index in [0.29, 0.717) is 24.7 Å². The standard InChI is InChI=1S/C14H21N3O/c1-11-8-12(10-16-9-11)14(18)17(7-6-15)13-4-2-3-5-13/h8-10,13H,2-7,15H2,1H3. The molecule has 1 aromatic rings. The summed E-state index contributed by atoms with van der Waals surface area (Å²) in [6.45, 7) is 3.10. The number of aryl methyl sites for hydroxylation is 1. The molecule has 2 N–H and O–H groups in total. The van der Waals surface area contributed by atoms with Gasteiger partial charge in [0.15, 0.2) is 0 Å². The number of hydrogen-bond donors (Lipinski definition) is 1. The Kier molecular flexibility index (Phi) is 4.31. The van der Waals surface area contributed by atoms with Crippen LogP contribution in [0.15, 0.2) is 18.5 Å². The summed E-state index contributed by atoms with van der Waals surface area (Å²) < 4.78 is 0. The summed E-state index contributed by atoms with van der Waals surface area (Å²) in [4.78, 5) is 18.5. The molecule has 1 heterocycles. The number of rotatable bonds is 4. The van der Waals surface area contributed by atoms with E-state index in [1.807, 2.05) is 17.9 Å². The van der Waals surface area contributed by atoms with Crippen molar-refractivity contribution in [2.75, 3.05) is 13.1 Å². The molecule has 0 unspecified atom stereocenters. The molecule has 1 aliphatic carbocycles. The molecule has 0 spiro atoms. The summed E-state index contributed by atoms with van der Waals surface area (Å²) in [6, 6.07) is 2.26. The largest absolute Gasteiger partial charge is 0.334 e. The fourth-order valence-corrected chi connectivity index (χ4v) is 2.64. The van der Waals surface area contributed by atoms with Crippen molar-refractivity contribution in [3.63, 3.8) is 0 Å². The fraction of sp³-hybridized carbons (Fsp3) is 0.571. The summed E-state index contributed by atoms with van der Waals surface area (Å²) in [6.07, 6.45) is 8.04. The molecular weight excluding hydrogens is 226 g/mol. The Morgan fingerprint density at radius 3 is 2.78 bits per heavy atom. The summed E-state index contributed by atoms with van der Waals surface area (Å²) in [5, 5.41) is 0. The lowest BCUT2D eigenvalue weighted by molar-refractivity contribution is 0.0687. The maximum atomic E-state index is 12.5. The van der Waals surface area contributed by atoms with Crippen LogP contribution in [0.3, 0.4) is 0 Å². The van der Waals surface area contributed by atoms with E-state index in [-0.39, 0.29) is 5.91 Å². The van der Waals surface area contributed by atoms with Gasteiger partial charge in [-0.3, -0.25) is 9.78 Å². The van der Waals surface area contributed by atoms with Crippen LogP contribution < -0.4 is 5.73 Å². The van der Waals surface area contributed by atoms with Gasteiger partial charge in [-0.25, -0.2) is 0 Å². The highest BCUT2D eigenvalue weighted by Gasteiger charge is 2.26. The fourth-order valence-electron chi connectivity index (χ4n) is 2.64. The minimum absolute atomic E-state index is 0.0727. The van der Waals surface area contributed by atoms with Gasteiger partial charge in [-0.2, -0.15) is 0 Å². The molecule has 4 heteroatoms. The van der Waals surface area contributed by atoms with Crippen LogP contribution in [-0.2, 0) is 0 Å². The Bertz CT molecular complexity index is 413. The Balaban J connectivity index is 2.17. The second kappa shape index (κ2) is 5.96. The zero-order valence-corrected chi connectivity index (χ0v) is 10.9. The van der Waals surface area contributed by atoms with Crippen LogP contribution >= 0.6 is 0 Å². The minimum atomic E-state index is 0.0727. The van der Waals surface area contributed by atoms with Crippen molar-refractivity contribution in [1.82, 2.24) is 9.88 Å². The molecule has 0 aromatic carbocycles. The number of hydrogen-bond acceptors (Lipinski definition) is 3. The van der Waals surface area contributed by atoms with Crippen LogP contribution in [0.5, 0.6) is 0 Å². The number of amides is 1. The summed E-state index contributed by atoms with van der Waals surface area (Å²) >= 11 is 0. The van der Waals surface area contributed by atoms with Gasteiger partial charge in [0.1, 0.15) is 0 Å². The molecule has 1 aliphatic rings. The number of aromatic nitrogens is 1. The van der Waals surface area contributed by atoms with E-state index in [0.717, 1.165) is 18.4 Å². The molecule has 2 rings (SSSR count). The van der Waals surface area contributed by atoms with Crippen molar-refractivity contribution in [2.24, 2.45) is 5.73 Å². The van der Waals surface area contributed by atoms with E-state index in [9.17, 15) is 4.79 Å². The lowest BCUT2D eigenvalue weighted by Gasteiger charge is -2.28. The van der Waals surface area contributed by atoms with Crippen molar-refractivity contribution in [3.8, 4) is 0 Å². The zero-order valence-electron chi connectivity index (χ0n) is 10.9. The minimum Gasteiger partial charge on any atom is -0.334 e. The molecule has 4 nitrogen and oxygen atoms in total. The molecule has 1 aromatic heterocycles. The van der Waals surface area contributed by atoms with Gasteiger partial charge in [-0.05, 0) is 31.4 Å². The Morgan fingerprint density at radius 1 is 1.44 bits per heavy atom. The van der Waals surface area contributed by atoms with Gasteiger partial charge in [0, 0.05) is 31.5 Å². The molecule has 1 fully saturated rings. The van der Waals surface area contributed by atoms with Crippen LogP contribution in [0.25, 0.3) is 0 Å². The lowest BCUT2D eigenvalue weighted by atomic mass is 10.1. The second-order valence-electron chi connectivity index (χ2n) is 4.98. The third-order valence-electron chi connectivity index (χ3n) is 3.52. The lowest BCUT2D eigenvalue weighted by Crippen LogP contribution is -2.42. The SMILES string of the molecule is Cc1cncc(C(=O)N(CCN)C2CCCC2)c1. The number of nitrogens with two attached hydrogens (primary N) is 1. The first-order valence-electron chi connectivity index (χ1n) is 6.65. The predicted octanol–water partition coefficient (Wildman–Crippen LogP) is 1.73. The molecular formula is C14H21N3O. The number of nitrogens with zero attached hydrogens (tertiary/aromatic N) is 2. The van der Waals surface area contributed by atoms with Crippen molar-refractivity contribution in [3.05, 3.63) is 29.6 Å². The van der Waals surface area contributed by atoms with Gasteiger partial charge in [0.25, 0.3) is 5.91 Å². The average molecular weight is 247 g/mol. The summed E-state index contributed by atoms with van der Waals surface area (Å²) in [5.74, 6) is 0.0727. The zero-order chi connectivity index (χ0) is 13.0. The average Bonchev–Trinajstić information content (AvgIpc) is 2.89. The van der Waals surface area contributed by atoms with Crippen molar-refractivity contribution >= 4 is 5.91 Å². The molecule has 0 aliphatic heterocycles. The maximum Gasteiger partial charge on any atom is 0.255 e. The van der Waals surface area contributed by atoms with Crippen molar-refractivity contribution in [2.45, 2.75) is 38.6 Å². The van der Waals surface area contributed by atoms with Crippen LogP contribution in [0.1, 0.15) is 41.6 Å². The van der Waals surface area contributed by atoms with Crippen molar-refractivity contribution < 1.29 is 4.79 Å². The van der Waals surface area contributed by atoms with Gasteiger partial charge in [0.2, 0.25) is 0 Å². The Labute approximate surface area is 108 Å². The number of carbonyl (C=O) groups excluding carboxylic acids is 1. The van der Waals surface area contributed by atoms with Crippen LogP contribution in [0.2, 0.25) is 0 Å². The molecule has 18 heavy (non-hydrogen) atoms. The first-order chi connectivity index (χ1) is 8.72. The Morgan fingerprint density at radius 2 is 2.17 bits per heavy atom. The third-order valence-corrected chi connectivity index (χ3v) is 3.52. The second-order valence-corrected chi connectivity index (χ2v) is 4.98. The molecule has 0 radical (unpaired) electrons. The van der Waals surface area contributed by atoms with Gasteiger partial charge < -0.3 is 10.6 Å². The highest BCUT2D eigenvalue weighted by Crippen LogP contribution is 2.24. The molecule has 98 valence electrons. The van der Waals surface area contributed by atoms with Crippen molar-refractivity contribution in [1.29, 1.82) is 0 Å². The summed E-state index contributed by atoms with van der Waals surface area (Å²) in [7, 11) is 0. The summed E-state index contributed by atoms with van der Waals surface area (Å²) in [5.41, 5.74) is 7.32. The van der Waals surface area contributed by atoms with Gasteiger partial charge in [-0.15, -0.1) is 0 Å².